The van der Waals surface area contributed by atoms with Gasteiger partial charge in [-0.25, -0.2) is 9.97 Å². The van der Waals surface area contributed by atoms with Gasteiger partial charge in [0.25, 0.3) is 0 Å². The third-order valence-corrected chi connectivity index (χ3v) is 2.12. The quantitative estimate of drug-likeness (QED) is 0.785. The minimum absolute atomic E-state index is 0.181. The fourth-order valence-electron chi connectivity index (χ4n) is 1.02. The molecule has 1 aromatic carbocycles. The van der Waals surface area contributed by atoms with Gasteiger partial charge in [0.1, 0.15) is 12.1 Å². The summed E-state index contributed by atoms with van der Waals surface area (Å²) in [6, 6.07) is 8.33. The van der Waals surface area contributed by atoms with E-state index in [4.69, 9.17) is 4.74 Å². The van der Waals surface area contributed by atoms with Gasteiger partial charge < -0.3 is 4.74 Å². The summed E-state index contributed by atoms with van der Waals surface area (Å²) in [7, 11) is 0. The highest BCUT2D eigenvalue weighted by Gasteiger charge is 2.00. The number of halogens is 2. The average molecular weight is 269 g/mol. The van der Waals surface area contributed by atoms with Crippen molar-refractivity contribution in [3.8, 4) is 11.6 Å². The summed E-state index contributed by atoms with van der Waals surface area (Å²) in [6.45, 7) is 0. The van der Waals surface area contributed by atoms with Crippen LogP contribution in [0.2, 0.25) is 0 Å². The fourth-order valence-corrected chi connectivity index (χ4v) is 1.40. The molecule has 2 aromatic rings. The molecule has 15 heavy (non-hydrogen) atoms. The summed E-state index contributed by atoms with van der Waals surface area (Å²) in [5.41, 5.74) is 0. The van der Waals surface area contributed by atoms with Crippen LogP contribution in [0.3, 0.4) is 0 Å². The number of benzene rings is 1. The second-order valence-corrected chi connectivity index (χ2v) is 3.65. The first kappa shape index (κ1) is 10.0. The van der Waals surface area contributed by atoms with Gasteiger partial charge >= 0.3 is 0 Å². The number of aromatic nitrogens is 2. The number of rotatable bonds is 2. The zero-order valence-electron chi connectivity index (χ0n) is 7.52. The van der Waals surface area contributed by atoms with Crippen LogP contribution in [0, 0.1) is 5.95 Å². The van der Waals surface area contributed by atoms with Crippen molar-refractivity contribution >= 4 is 15.9 Å². The lowest BCUT2D eigenvalue weighted by Gasteiger charge is -2.03. The summed E-state index contributed by atoms with van der Waals surface area (Å²) >= 11 is 3.30. The molecule has 5 heteroatoms. The van der Waals surface area contributed by atoms with Crippen molar-refractivity contribution in [2.24, 2.45) is 0 Å². The largest absolute Gasteiger partial charge is 0.439 e. The standard InChI is InChI=1S/C10H6BrFN2O/c11-7-2-1-3-8(4-7)15-10-5-9(12)13-6-14-10/h1-6H. The van der Waals surface area contributed by atoms with Crippen molar-refractivity contribution in [3.05, 3.63) is 47.1 Å². The van der Waals surface area contributed by atoms with Crippen molar-refractivity contribution in [3.63, 3.8) is 0 Å². The van der Waals surface area contributed by atoms with Gasteiger partial charge in [0.05, 0.1) is 6.07 Å². The zero-order chi connectivity index (χ0) is 10.7. The summed E-state index contributed by atoms with van der Waals surface area (Å²) in [5.74, 6) is 0.151. The molecule has 0 unspecified atom stereocenters. The van der Waals surface area contributed by atoms with Crippen LogP contribution in [0.4, 0.5) is 4.39 Å². The minimum Gasteiger partial charge on any atom is -0.439 e. The maximum atomic E-state index is 12.7. The molecular formula is C10H6BrFN2O. The molecule has 0 spiro atoms. The van der Waals surface area contributed by atoms with Crippen molar-refractivity contribution in [1.82, 2.24) is 9.97 Å². The molecule has 0 amide bonds. The lowest BCUT2D eigenvalue weighted by molar-refractivity contribution is 0.450. The average Bonchev–Trinajstić information content (AvgIpc) is 2.17. The van der Waals surface area contributed by atoms with E-state index in [0.29, 0.717) is 5.75 Å². The molecule has 0 aliphatic heterocycles. The van der Waals surface area contributed by atoms with Crippen LogP contribution in [-0.4, -0.2) is 9.97 Å². The summed E-state index contributed by atoms with van der Waals surface area (Å²) in [4.78, 5) is 7.11. The summed E-state index contributed by atoms with van der Waals surface area (Å²) < 4.78 is 18.9. The maximum absolute atomic E-state index is 12.7. The van der Waals surface area contributed by atoms with Gasteiger partial charge in [0, 0.05) is 4.47 Å². The first-order chi connectivity index (χ1) is 7.24. The van der Waals surface area contributed by atoms with Gasteiger partial charge in [-0.05, 0) is 18.2 Å². The van der Waals surface area contributed by atoms with E-state index in [1.165, 1.54) is 0 Å². The van der Waals surface area contributed by atoms with Crippen LogP contribution in [0.1, 0.15) is 0 Å². The molecule has 0 bridgehead atoms. The predicted molar refractivity (Wildman–Crippen MR) is 56.2 cm³/mol. The predicted octanol–water partition coefficient (Wildman–Crippen LogP) is 3.17. The second kappa shape index (κ2) is 4.35. The monoisotopic (exact) mass is 268 g/mol. The van der Waals surface area contributed by atoms with E-state index >= 15 is 0 Å². The van der Waals surface area contributed by atoms with E-state index in [0.717, 1.165) is 16.9 Å². The van der Waals surface area contributed by atoms with Crippen LogP contribution in [-0.2, 0) is 0 Å². The molecule has 0 saturated carbocycles. The van der Waals surface area contributed by atoms with E-state index in [2.05, 4.69) is 25.9 Å². The highest BCUT2D eigenvalue weighted by Crippen LogP contribution is 2.22. The molecule has 2 rings (SSSR count). The maximum Gasteiger partial charge on any atom is 0.225 e. The molecule has 0 aliphatic carbocycles. The Balaban J connectivity index is 2.22. The Hall–Kier alpha value is -1.49. The van der Waals surface area contributed by atoms with Crippen molar-refractivity contribution in [2.45, 2.75) is 0 Å². The van der Waals surface area contributed by atoms with E-state index in [1.54, 1.807) is 12.1 Å². The second-order valence-electron chi connectivity index (χ2n) is 2.74. The van der Waals surface area contributed by atoms with E-state index in [9.17, 15) is 4.39 Å². The van der Waals surface area contributed by atoms with E-state index in [-0.39, 0.29) is 5.88 Å². The van der Waals surface area contributed by atoms with Crippen LogP contribution in [0.15, 0.2) is 41.1 Å². The minimum atomic E-state index is -0.616. The smallest absolute Gasteiger partial charge is 0.225 e. The Morgan fingerprint density at radius 3 is 2.80 bits per heavy atom. The molecule has 1 heterocycles. The Morgan fingerprint density at radius 2 is 2.07 bits per heavy atom. The van der Waals surface area contributed by atoms with Gasteiger partial charge in [-0.15, -0.1) is 0 Å². The summed E-state index contributed by atoms with van der Waals surface area (Å²) in [6.07, 6.45) is 1.11. The van der Waals surface area contributed by atoms with Gasteiger partial charge in [0.2, 0.25) is 11.8 Å². The van der Waals surface area contributed by atoms with Crippen LogP contribution in [0.5, 0.6) is 11.6 Å². The van der Waals surface area contributed by atoms with Gasteiger partial charge in [-0.1, -0.05) is 22.0 Å². The third-order valence-electron chi connectivity index (χ3n) is 1.63. The fraction of sp³-hybridized carbons (Fsp3) is 0. The van der Waals surface area contributed by atoms with E-state index < -0.39 is 5.95 Å². The molecule has 0 saturated heterocycles. The zero-order valence-corrected chi connectivity index (χ0v) is 9.11. The van der Waals surface area contributed by atoms with Gasteiger partial charge in [0.15, 0.2) is 0 Å². The first-order valence-corrected chi connectivity index (χ1v) is 4.94. The molecular weight excluding hydrogens is 263 g/mol. The molecule has 3 nitrogen and oxygen atoms in total. The van der Waals surface area contributed by atoms with Crippen LogP contribution >= 0.6 is 15.9 Å². The molecule has 0 radical (unpaired) electrons. The first-order valence-electron chi connectivity index (χ1n) is 4.15. The normalized spacial score (nSPS) is 10.0. The number of hydrogen-bond donors (Lipinski definition) is 0. The molecule has 0 atom stereocenters. The van der Waals surface area contributed by atoms with Crippen LogP contribution in [0.25, 0.3) is 0 Å². The number of ether oxygens (including phenoxy) is 1. The SMILES string of the molecule is Fc1cc(Oc2cccc(Br)c2)ncn1. The molecule has 0 aliphatic rings. The van der Waals surface area contributed by atoms with E-state index in [1.807, 2.05) is 12.1 Å². The molecule has 1 aromatic heterocycles. The number of nitrogens with zero attached hydrogens (tertiary/aromatic N) is 2. The topological polar surface area (TPSA) is 35.0 Å². The lowest BCUT2D eigenvalue weighted by atomic mass is 10.3. The van der Waals surface area contributed by atoms with Crippen LogP contribution < -0.4 is 4.74 Å². The van der Waals surface area contributed by atoms with Crippen molar-refractivity contribution in [2.75, 3.05) is 0 Å². The lowest BCUT2D eigenvalue weighted by Crippen LogP contribution is -1.90. The summed E-state index contributed by atoms with van der Waals surface area (Å²) in [5, 5.41) is 0. The van der Waals surface area contributed by atoms with Gasteiger partial charge in [-0.3, -0.25) is 0 Å². The highest BCUT2D eigenvalue weighted by atomic mass is 79.9. The highest BCUT2D eigenvalue weighted by molar-refractivity contribution is 9.10. The Kier molecular flexibility index (Phi) is 2.91. The molecule has 0 fully saturated rings. The Labute approximate surface area is 94.1 Å². The van der Waals surface area contributed by atoms with Crippen molar-refractivity contribution < 1.29 is 9.13 Å². The molecule has 0 N–H and O–H groups in total. The molecule has 76 valence electrons. The van der Waals surface area contributed by atoms with Crippen molar-refractivity contribution in [1.29, 1.82) is 0 Å². The Morgan fingerprint density at radius 1 is 1.20 bits per heavy atom. The van der Waals surface area contributed by atoms with Gasteiger partial charge in [-0.2, -0.15) is 4.39 Å². The third kappa shape index (κ3) is 2.73. The number of hydrogen-bond acceptors (Lipinski definition) is 3. The Bertz CT molecular complexity index is 435.